The van der Waals surface area contributed by atoms with Crippen LogP contribution in [-0.4, -0.2) is 56.1 Å². The Labute approximate surface area is 125 Å². The maximum atomic E-state index is 13.1. The molecule has 2 rings (SSSR count). The first kappa shape index (κ1) is 15.7. The van der Waals surface area contributed by atoms with Crippen LogP contribution in [0.3, 0.4) is 0 Å². The van der Waals surface area contributed by atoms with Gasteiger partial charge in [-0.25, -0.2) is 4.98 Å². The topological polar surface area (TPSA) is 48.5 Å². The largest absolute Gasteiger partial charge is 0.359 e. The van der Waals surface area contributed by atoms with Crippen molar-refractivity contribution in [2.45, 2.75) is 12.8 Å². The van der Waals surface area contributed by atoms with Crippen LogP contribution in [0, 0.1) is 11.9 Å². The van der Waals surface area contributed by atoms with Crippen LogP contribution in [0.4, 0.5) is 10.2 Å². The van der Waals surface area contributed by atoms with E-state index in [4.69, 9.17) is 0 Å². The predicted octanol–water partition coefficient (Wildman–Crippen LogP) is 1.11. The van der Waals surface area contributed by atoms with Crippen LogP contribution in [-0.2, 0) is 4.79 Å². The van der Waals surface area contributed by atoms with Gasteiger partial charge in [-0.2, -0.15) is 4.39 Å². The molecule has 0 bridgehead atoms. The molecule has 1 aromatic rings. The van der Waals surface area contributed by atoms with Gasteiger partial charge >= 0.3 is 0 Å². The summed E-state index contributed by atoms with van der Waals surface area (Å²) in [5.74, 6) is 0.845. The van der Waals surface area contributed by atoms with Crippen molar-refractivity contribution < 1.29 is 9.18 Å². The number of nitrogens with one attached hydrogen (secondary N) is 1. The summed E-state index contributed by atoms with van der Waals surface area (Å²) in [7, 11) is 3.61. The first-order chi connectivity index (χ1) is 10.1. The van der Waals surface area contributed by atoms with E-state index in [9.17, 15) is 9.18 Å². The van der Waals surface area contributed by atoms with Gasteiger partial charge < -0.3 is 10.2 Å². The number of likely N-dealkylation sites (N-methyl/N-ethyl adjacent to an activating group) is 1. The minimum atomic E-state index is -0.445. The lowest BCUT2D eigenvalue weighted by Gasteiger charge is -2.33. The SMILES string of the molecule is CNC(=O)CN1CCC(CN(C)c2cccc(F)n2)CC1. The lowest BCUT2D eigenvalue weighted by molar-refractivity contribution is -0.122. The van der Waals surface area contributed by atoms with E-state index in [0.29, 0.717) is 18.3 Å². The summed E-state index contributed by atoms with van der Waals surface area (Å²) < 4.78 is 13.1. The molecule has 1 aliphatic rings. The average molecular weight is 294 g/mol. The van der Waals surface area contributed by atoms with Crippen molar-refractivity contribution in [2.75, 3.05) is 45.2 Å². The molecule has 2 heterocycles. The predicted molar refractivity (Wildman–Crippen MR) is 80.7 cm³/mol. The summed E-state index contributed by atoms with van der Waals surface area (Å²) in [4.78, 5) is 19.4. The minimum Gasteiger partial charge on any atom is -0.359 e. The van der Waals surface area contributed by atoms with E-state index in [-0.39, 0.29) is 5.91 Å². The fourth-order valence-corrected chi connectivity index (χ4v) is 2.70. The Balaban J connectivity index is 1.79. The zero-order valence-corrected chi connectivity index (χ0v) is 12.7. The molecule has 1 aliphatic heterocycles. The van der Waals surface area contributed by atoms with Crippen LogP contribution in [0.25, 0.3) is 0 Å². The van der Waals surface area contributed by atoms with Crippen LogP contribution in [0.2, 0.25) is 0 Å². The lowest BCUT2D eigenvalue weighted by atomic mass is 9.96. The highest BCUT2D eigenvalue weighted by Gasteiger charge is 2.22. The molecule has 116 valence electrons. The summed E-state index contributed by atoms with van der Waals surface area (Å²) in [5, 5.41) is 2.65. The van der Waals surface area contributed by atoms with Crippen molar-refractivity contribution in [3.05, 3.63) is 24.1 Å². The van der Waals surface area contributed by atoms with Crippen LogP contribution in [0.1, 0.15) is 12.8 Å². The van der Waals surface area contributed by atoms with E-state index < -0.39 is 5.95 Å². The fraction of sp³-hybridized carbons (Fsp3) is 0.600. The standard InChI is InChI=1S/C15H23FN4O/c1-17-15(21)11-20-8-6-12(7-9-20)10-19(2)14-5-3-4-13(16)18-14/h3-5,12H,6-11H2,1-2H3,(H,17,21). The Morgan fingerprint density at radius 3 is 2.81 bits per heavy atom. The number of piperidine rings is 1. The molecular formula is C15H23FN4O. The first-order valence-corrected chi connectivity index (χ1v) is 7.35. The van der Waals surface area contributed by atoms with E-state index >= 15 is 0 Å². The Morgan fingerprint density at radius 2 is 2.19 bits per heavy atom. The number of rotatable bonds is 5. The first-order valence-electron chi connectivity index (χ1n) is 7.35. The van der Waals surface area contributed by atoms with Crippen molar-refractivity contribution in [2.24, 2.45) is 5.92 Å². The molecule has 0 unspecified atom stereocenters. The number of amides is 1. The third-order valence-electron chi connectivity index (χ3n) is 3.98. The molecule has 0 spiro atoms. The molecule has 1 fully saturated rings. The summed E-state index contributed by atoms with van der Waals surface area (Å²) in [5.41, 5.74) is 0. The number of aromatic nitrogens is 1. The van der Waals surface area contributed by atoms with Gasteiger partial charge in [-0.3, -0.25) is 9.69 Å². The van der Waals surface area contributed by atoms with Crippen LogP contribution in [0.15, 0.2) is 18.2 Å². The Morgan fingerprint density at radius 1 is 1.48 bits per heavy atom. The Kier molecular flexibility index (Phi) is 5.50. The highest BCUT2D eigenvalue weighted by atomic mass is 19.1. The summed E-state index contributed by atoms with van der Waals surface area (Å²) >= 11 is 0. The molecular weight excluding hydrogens is 271 g/mol. The Bertz CT molecular complexity index is 474. The van der Waals surface area contributed by atoms with Gasteiger partial charge in [-0.05, 0) is 44.0 Å². The third-order valence-corrected chi connectivity index (χ3v) is 3.98. The van der Waals surface area contributed by atoms with Crippen molar-refractivity contribution >= 4 is 11.7 Å². The number of halogens is 1. The van der Waals surface area contributed by atoms with Gasteiger partial charge in [0.25, 0.3) is 0 Å². The van der Waals surface area contributed by atoms with E-state index in [2.05, 4.69) is 15.2 Å². The van der Waals surface area contributed by atoms with E-state index in [1.165, 1.54) is 6.07 Å². The van der Waals surface area contributed by atoms with E-state index in [0.717, 1.165) is 32.5 Å². The zero-order valence-electron chi connectivity index (χ0n) is 12.7. The second kappa shape index (κ2) is 7.36. The molecule has 0 atom stereocenters. The van der Waals surface area contributed by atoms with Gasteiger partial charge in [0.2, 0.25) is 11.9 Å². The number of carbonyl (C=O) groups is 1. The number of likely N-dealkylation sites (tertiary alicyclic amines) is 1. The number of anilines is 1. The zero-order chi connectivity index (χ0) is 15.2. The van der Waals surface area contributed by atoms with E-state index in [1.54, 1.807) is 13.1 Å². The Hall–Kier alpha value is -1.69. The third kappa shape index (κ3) is 4.67. The maximum Gasteiger partial charge on any atom is 0.233 e. The number of hydrogen-bond donors (Lipinski definition) is 1. The summed E-state index contributed by atoms with van der Waals surface area (Å²) in [6, 6.07) is 4.86. The molecule has 1 amide bonds. The van der Waals surface area contributed by atoms with Crippen LogP contribution < -0.4 is 10.2 Å². The highest BCUT2D eigenvalue weighted by Crippen LogP contribution is 2.20. The van der Waals surface area contributed by atoms with Crippen molar-refractivity contribution in [3.8, 4) is 0 Å². The molecule has 1 aromatic heterocycles. The molecule has 0 radical (unpaired) electrons. The van der Waals surface area contributed by atoms with Gasteiger partial charge in [0, 0.05) is 20.6 Å². The van der Waals surface area contributed by atoms with Crippen molar-refractivity contribution in [1.82, 2.24) is 15.2 Å². The highest BCUT2D eigenvalue weighted by molar-refractivity contribution is 5.77. The summed E-state index contributed by atoms with van der Waals surface area (Å²) in [6.45, 7) is 3.21. The second-order valence-corrected chi connectivity index (χ2v) is 5.59. The number of hydrogen-bond acceptors (Lipinski definition) is 4. The van der Waals surface area contributed by atoms with Gasteiger partial charge in [-0.1, -0.05) is 6.07 Å². The quantitative estimate of drug-likeness (QED) is 0.827. The fourth-order valence-electron chi connectivity index (χ4n) is 2.70. The molecule has 1 saturated heterocycles. The van der Waals surface area contributed by atoms with Crippen LogP contribution >= 0.6 is 0 Å². The molecule has 6 heteroatoms. The maximum absolute atomic E-state index is 13.1. The van der Waals surface area contributed by atoms with Crippen LogP contribution in [0.5, 0.6) is 0 Å². The molecule has 1 N–H and O–H groups in total. The lowest BCUT2D eigenvalue weighted by Crippen LogP contribution is -2.42. The van der Waals surface area contributed by atoms with Gasteiger partial charge in [0.1, 0.15) is 5.82 Å². The van der Waals surface area contributed by atoms with Gasteiger partial charge in [0.05, 0.1) is 6.54 Å². The number of nitrogens with zero attached hydrogens (tertiary/aromatic N) is 3. The van der Waals surface area contributed by atoms with E-state index in [1.807, 2.05) is 18.0 Å². The number of pyridine rings is 1. The van der Waals surface area contributed by atoms with Gasteiger partial charge in [-0.15, -0.1) is 0 Å². The molecule has 0 aromatic carbocycles. The average Bonchev–Trinajstić information content (AvgIpc) is 2.49. The molecule has 0 saturated carbocycles. The number of carbonyl (C=O) groups excluding carboxylic acids is 1. The molecule has 21 heavy (non-hydrogen) atoms. The summed E-state index contributed by atoms with van der Waals surface area (Å²) in [6.07, 6.45) is 2.10. The van der Waals surface area contributed by atoms with Crippen molar-refractivity contribution in [1.29, 1.82) is 0 Å². The van der Waals surface area contributed by atoms with Crippen molar-refractivity contribution in [3.63, 3.8) is 0 Å². The van der Waals surface area contributed by atoms with Gasteiger partial charge in [0.15, 0.2) is 0 Å². The smallest absolute Gasteiger partial charge is 0.233 e. The minimum absolute atomic E-state index is 0.0644. The monoisotopic (exact) mass is 294 g/mol. The molecule has 0 aliphatic carbocycles. The second-order valence-electron chi connectivity index (χ2n) is 5.59. The normalized spacial score (nSPS) is 16.7. The molecule has 5 nitrogen and oxygen atoms in total.